The van der Waals surface area contributed by atoms with Crippen LogP contribution >= 0.6 is 11.6 Å². The van der Waals surface area contributed by atoms with Gasteiger partial charge in [-0.3, -0.25) is 4.72 Å². The van der Waals surface area contributed by atoms with Gasteiger partial charge in [0.25, 0.3) is 0 Å². The van der Waals surface area contributed by atoms with E-state index >= 15 is 0 Å². The number of nitrogens with one attached hydrogen (secondary N) is 1. The number of hydrogen-bond donors (Lipinski definition) is 2. The molecular formula is C6H5ClFNO2S. The largest absolute Gasteiger partial charge is 0.284 e. The van der Waals surface area contributed by atoms with Gasteiger partial charge in [-0.25, -0.2) is 12.8 Å². The molecule has 66 valence electrons. The Labute approximate surface area is 75.2 Å². The molecule has 0 bridgehead atoms. The lowest BCUT2D eigenvalue weighted by atomic mass is 10.3. The average Bonchev–Trinajstić information content (AvgIpc) is 1.94. The molecule has 0 saturated heterocycles. The van der Waals surface area contributed by atoms with Crippen LogP contribution in [0.15, 0.2) is 18.2 Å². The van der Waals surface area contributed by atoms with Gasteiger partial charge in [-0.15, -0.1) is 0 Å². The number of hydrogen-bond acceptors (Lipinski definition) is 2. The number of thiol groups is 1. The molecule has 0 heterocycles. The zero-order valence-corrected chi connectivity index (χ0v) is 7.40. The summed E-state index contributed by atoms with van der Waals surface area (Å²) >= 11 is 5.50. The molecule has 0 spiro atoms. The van der Waals surface area contributed by atoms with Crippen LogP contribution in [0.4, 0.5) is 10.1 Å². The molecule has 0 aromatic heterocycles. The first kappa shape index (κ1) is 9.28. The Morgan fingerprint density at radius 2 is 2.08 bits per heavy atom. The van der Waals surface area contributed by atoms with Gasteiger partial charge in [-0.2, -0.15) is 0 Å². The molecule has 0 aliphatic rings. The van der Waals surface area contributed by atoms with E-state index in [2.05, 4.69) is 4.72 Å². The van der Waals surface area contributed by atoms with E-state index in [0.29, 0.717) is 0 Å². The minimum Gasteiger partial charge on any atom is -0.284 e. The molecule has 1 rings (SSSR count). The SMILES string of the molecule is O=[SH](=O)Nc1ccc(F)cc1Cl. The van der Waals surface area contributed by atoms with Gasteiger partial charge in [0.2, 0.25) is 10.9 Å². The van der Waals surface area contributed by atoms with Crippen molar-refractivity contribution in [1.82, 2.24) is 0 Å². The summed E-state index contributed by atoms with van der Waals surface area (Å²) in [5.74, 6) is -0.508. The highest BCUT2D eigenvalue weighted by atomic mass is 35.5. The second kappa shape index (κ2) is 3.73. The molecule has 6 heteroatoms. The summed E-state index contributed by atoms with van der Waals surface area (Å²) in [6.07, 6.45) is 0. The molecule has 3 nitrogen and oxygen atoms in total. The maximum absolute atomic E-state index is 12.4. The lowest BCUT2D eigenvalue weighted by Crippen LogP contribution is -1.95. The number of halogens is 2. The van der Waals surface area contributed by atoms with E-state index in [1.54, 1.807) is 0 Å². The fourth-order valence-electron chi connectivity index (χ4n) is 0.678. The summed E-state index contributed by atoms with van der Waals surface area (Å²) < 4.78 is 34.8. The number of rotatable bonds is 2. The second-order valence-electron chi connectivity index (χ2n) is 1.99. The van der Waals surface area contributed by atoms with Crippen LogP contribution in [0, 0.1) is 5.82 Å². The van der Waals surface area contributed by atoms with Crippen LogP contribution in [0.2, 0.25) is 5.02 Å². The summed E-state index contributed by atoms with van der Waals surface area (Å²) in [5, 5.41) is 0.0363. The lowest BCUT2D eigenvalue weighted by molar-refractivity contribution is 0.618. The highest BCUT2D eigenvalue weighted by Gasteiger charge is 2.00. The standard InChI is InChI=1S/C6H5ClFNO2S/c7-5-3-4(8)1-2-6(5)9-12(10)11/h1-3,12H,(H,9,10,11). The van der Waals surface area contributed by atoms with Crippen LogP contribution in [0.25, 0.3) is 0 Å². The first-order valence-electron chi connectivity index (χ1n) is 2.95. The third kappa shape index (κ3) is 2.35. The zero-order chi connectivity index (χ0) is 9.14. The van der Waals surface area contributed by atoms with Crippen molar-refractivity contribution in [1.29, 1.82) is 0 Å². The minimum absolute atomic E-state index is 0.0363. The molecule has 1 N–H and O–H groups in total. The van der Waals surface area contributed by atoms with E-state index in [1.165, 1.54) is 6.07 Å². The Balaban J connectivity index is 3.01. The van der Waals surface area contributed by atoms with Gasteiger partial charge < -0.3 is 0 Å². The van der Waals surface area contributed by atoms with Crippen LogP contribution in [-0.2, 0) is 10.9 Å². The van der Waals surface area contributed by atoms with E-state index in [-0.39, 0.29) is 10.7 Å². The third-order valence-electron chi connectivity index (χ3n) is 1.14. The molecule has 0 atom stereocenters. The van der Waals surface area contributed by atoms with Crippen molar-refractivity contribution in [2.75, 3.05) is 4.72 Å². The van der Waals surface area contributed by atoms with Crippen LogP contribution < -0.4 is 4.72 Å². The van der Waals surface area contributed by atoms with Crippen molar-refractivity contribution in [2.45, 2.75) is 0 Å². The van der Waals surface area contributed by atoms with Crippen LogP contribution in [0.3, 0.4) is 0 Å². The second-order valence-corrected chi connectivity index (χ2v) is 3.14. The molecular weight excluding hydrogens is 205 g/mol. The highest BCUT2D eigenvalue weighted by molar-refractivity contribution is 7.73. The molecule has 0 radical (unpaired) electrons. The fraction of sp³-hybridized carbons (Fsp3) is 0. The van der Waals surface area contributed by atoms with Gasteiger partial charge in [0, 0.05) is 0 Å². The van der Waals surface area contributed by atoms with Crippen molar-refractivity contribution in [2.24, 2.45) is 0 Å². The Bertz CT molecular complexity index is 359. The molecule has 0 aliphatic heterocycles. The molecule has 0 amide bonds. The summed E-state index contributed by atoms with van der Waals surface area (Å²) in [6.45, 7) is 0. The Hall–Kier alpha value is -0.810. The molecule has 0 fully saturated rings. The van der Waals surface area contributed by atoms with Crippen LogP contribution in [-0.4, -0.2) is 8.42 Å². The molecule has 0 saturated carbocycles. The van der Waals surface area contributed by atoms with E-state index in [1.807, 2.05) is 0 Å². The summed E-state index contributed by atoms with van der Waals surface area (Å²) in [6, 6.07) is 3.40. The quantitative estimate of drug-likeness (QED) is 0.724. The first-order valence-corrected chi connectivity index (χ1v) is 4.51. The predicted molar refractivity (Wildman–Crippen MR) is 45.3 cm³/mol. The van der Waals surface area contributed by atoms with E-state index < -0.39 is 16.7 Å². The smallest absolute Gasteiger partial charge is 0.222 e. The summed E-state index contributed by atoms with van der Waals surface area (Å²) in [7, 11) is -2.76. The van der Waals surface area contributed by atoms with Gasteiger partial charge in [0.1, 0.15) is 5.82 Å². The lowest BCUT2D eigenvalue weighted by Gasteiger charge is -2.00. The van der Waals surface area contributed by atoms with Gasteiger partial charge in [-0.05, 0) is 18.2 Å². The van der Waals surface area contributed by atoms with Crippen molar-refractivity contribution in [3.05, 3.63) is 29.0 Å². The van der Waals surface area contributed by atoms with Gasteiger partial charge in [0.05, 0.1) is 10.7 Å². The van der Waals surface area contributed by atoms with Crippen molar-refractivity contribution < 1.29 is 12.8 Å². The van der Waals surface area contributed by atoms with Gasteiger partial charge in [-0.1, -0.05) is 11.6 Å². The van der Waals surface area contributed by atoms with Crippen LogP contribution in [0.5, 0.6) is 0 Å². The van der Waals surface area contributed by atoms with E-state index in [0.717, 1.165) is 12.1 Å². The van der Waals surface area contributed by atoms with Crippen molar-refractivity contribution >= 4 is 28.2 Å². The average molecular weight is 210 g/mol. The monoisotopic (exact) mass is 209 g/mol. The highest BCUT2D eigenvalue weighted by Crippen LogP contribution is 2.21. The third-order valence-corrected chi connectivity index (χ3v) is 1.88. The maximum Gasteiger partial charge on any atom is 0.222 e. The minimum atomic E-state index is -2.76. The molecule has 0 aliphatic carbocycles. The molecule has 1 aromatic rings. The molecule has 0 unspecified atom stereocenters. The van der Waals surface area contributed by atoms with Crippen molar-refractivity contribution in [3.8, 4) is 0 Å². The Kier molecular flexibility index (Phi) is 2.88. The summed E-state index contributed by atoms with van der Waals surface area (Å²) in [4.78, 5) is 0. The maximum atomic E-state index is 12.4. The van der Waals surface area contributed by atoms with Gasteiger partial charge >= 0.3 is 0 Å². The molecule has 12 heavy (non-hydrogen) atoms. The Morgan fingerprint density at radius 3 is 2.58 bits per heavy atom. The topological polar surface area (TPSA) is 46.2 Å². The number of benzene rings is 1. The fourth-order valence-corrected chi connectivity index (χ4v) is 1.35. The Morgan fingerprint density at radius 1 is 1.42 bits per heavy atom. The van der Waals surface area contributed by atoms with Crippen molar-refractivity contribution in [3.63, 3.8) is 0 Å². The van der Waals surface area contributed by atoms with E-state index in [9.17, 15) is 12.8 Å². The molecule has 1 aromatic carbocycles. The summed E-state index contributed by atoms with van der Waals surface area (Å²) in [5.41, 5.74) is 0.175. The zero-order valence-electron chi connectivity index (χ0n) is 5.75. The predicted octanol–water partition coefficient (Wildman–Crippen LogP) is 1.42. The van der Waals surface area contributed by atoms with Gasteiger partial charge in [0.15, 0.2) is 0 Å². The first-order chi connectivity index (χ1) is 5.59. The van der Waals surface area contributed by atoms with E-state index in [4.69, 9.17) is 11.6 Å². The number of anilines is 1. The normalized spacial score (nSPS) is 10.2. The van der Waals surface area contributed by atoms with Crippen LogP contribution in [0.1, 0.15) is 0 Å².